The molecule has 0 radical (unpaired) electrons. The number of rotatable bonds is 3. The summed E-state index contributed by atoms with van der Waals surface area (Å²) < 4.78 is 1.01. The molecule has 0 unspecified atom stereocenters. The van der Waals surface area contributed by atoms with Gasteiger partial charge in [0.2, 0.25) is 0 Å². The molecule has 1 heterocycles. The predicted octanol–water partition coefficient (Wildman–Crippen LogP) is 3.66. The van der Waals surface area contributed by atoms with E-state index in [1.165, 1.54) is 5.56 Å². The maximum atomic E-state index is 5.89. The highest BCUT2D eigenvalue weighted by atomic mass is 79.9. The first-order valence-electron chi connectivity index (χ1n) is 5.78. The molecule has 1 aromatic carbocycles. The molecule has 0 spiro atoms. The van der Waals surface area contributed by atoms with Crippen LogP contribution in [0, 0.1) is 13.8 Å². The van der Waals surface area contributed by atoms with Crippen LogP contribution in [0.15, 0.2) is 34.9 Å². The molecule has 2 rings (SSSR count). The van der Waals surface area contributed by atoms with Crippen LogP contribution in [0.3, 0.4) is 0 Å². The van der Waals surface area contributed by atoms with Crippen molar-refractivity contribution in [1.29, 1.82) is 0 Å². The van der Waals surface area contributed by atoms with E-state index in [2.05, 4.69) is 32.3 Å². The highest BCUT2D eigenvalue weighted by Gasteiger charge is 2.05. The maximum Gasteiger partial charge on any atom is 0.140 e. The van der Waals surface area contributed by atoms with E-state index >= 15 is 0 Å². The average Bonchev–Trinajstić information content (AvgIpc) is 2.36. The number of hydrogen-bond acceptors (Lipinski definition) is 3. The molecule has 0 bridgehead atoms. The Bertz CT molecular complexity index is 515. The molecule has 4 heteroatoms. The van der Waals surface area contributed by atoms with Crippen LogP contribution >= 0.6 is 15.9 Å². The van der Waals surface area contributed by atoms with Crippen molar-refractivity contribution in [1.82, 2.24) is 4.98 Å². The van der Waals surface area contributed by atoms with Crippen LogP contribution in [0.1, 0.15) is 16.7 Å². The summed E-state index contributed by atoms with van der Waals surface area (Å²) in [7, 11) is 0. The van der Waals surface area contributed by atoms with Crippen molar-refractivity contribution in [2.45, 2.75) is 20.4 Å². The average molecular weight is 306 g/mol. The van der Waals surface area contributed by atoms with Gasteiger partial charge < -0.3 is 11.1 Å². The minimum absolute atomic E-state index is 0.714. The quantitative estimate of drug-likeness (QED) is 0.851. The molecular weight excluding hydrogens is 290 g/mol. The smallest absolute Gasteiger partial charge is 0.140 e. The van der Waals surface area contributed by atoms with Crippen molar-refractivity contribution in [2.24, 2.45) is 0 Å². The van der Waals surface area contributed by atoms with Gasteiger partial charge in [-0.3, -0.25) is 0 Å². The first-order chi connectivity index (χ1) is 8.59. The van der Waals surface area contributed by atoms with Crippen LogP contribution in [0.2, 0.25) is 0 Å². The van der Waals surface area contributed by atoms with Gasteiger partial charge in [-0.25, -0.2) is 4.98 Å². The van der Waals surface area contributed by atoms with Gasteiger partial charge in [0.1, 0.15) is 5.82 Å². The molecule has 3 nitrogen and oxygen atoms in total. The number of anilines is 2. The van der Waals surface area contributed by atoms with Crippen LogP contribution in [0.25, 0.3) is 0 Å². The predicted molar refractivity (Wildman–Crippen MR) is 79.6 cm³/mol. The Morgan fingerprint density at radius 3 is 2.83 bits per heavy atom. The van der Waals surface area contributed by atoms with Crippen molar-refractivity contribution in [3.8, 4) is 0 Å². The van der Waals surface area contributed by atoms with Gasteiger partial charge in [-0.05, 0) is 58.6 Å². The third-order valence-electron chi connectivity index (χ3n) is 3.02. The number of aryl methyl sites for hydroxylation is 1. The van der Waals surface area contributed by atoms with E-state index in [9.17, 15) is 0 Å². The fourth-order valence-electron chi connectivity index (χ4n) is 1.74. The molecule has 0 saturated carbocycles. The number of nitrogens with zero attached hydrogens (tertiary/aromatic N) is 1. The minimum Gasteiger partial charge on any atom is -0.399 e. The van der Waals surface area contributed by atoms with E-state index in [-0.39, 0.29) is 0 Å². The van der Waals surface area contributed by atoms with Crippen molar-refractivity contribution in [2.75, 3.05) is 11.1 Å². The summed E-state index contributed by atoms with van der Waals surface area (Å²) in [6.45, 7) is 4.79. The Labute approximate surface area is 116 Å². The summed E-state index contributed by atoms with van der Waals surface area (Å²) in [6.07, 6.45) is 1.80. The molecule has 0 amide bonds. The van der Waals surface area contributed by atoms with Gasteiger partial charge in [0.25, 0.3) is 0 Å². The molecule has 0 saturated heterocycles. The zero-order valence-corrected chi connectivity index (χ0v) is 12.1. The lowest BCUT2D eigenvalue weighted by Crippen LogP contribution is -2.05. The molecule has 94 valence electrons. The molecule has 0 aliphatic heterocycles. The van der Waals surface area contributed by atoms with Crippen LogP contribution in [-0.4, -0.2) is 4.98 Å². The second kappa shape index (κ2) is 5.40. The van der Waals surface area contributed by atoms with Gasteiger partial charge in [0.05, 0.1) is 4.47 Å². The van der Waals surface area contributed by atoms with Gasteiger partial charge >= 0.3 is 0 Å². The van der Waals surface area contributed by atoms with Gasteiger partial charge in [0, 0.05) is 18.4 Å². The second-order valence-corrected chi connectivity index (χ2v) is 5.07. The summed E-state index contributed by atoms with van der Waals surface area (Å²) in [6, 6.07) is 7.93. The van der Waals surface area contributed by atoms with Crippen molar-refractivity contribution in [3.05, 3.63) is 51.6 Å². The molecular formula is C14H16BrN3. The lowest BCUT2D eigenvalue weighted by molar-refractivity contribution is 1.08. The van der Waals surface area contributed by atoms with Crippen molar-refractivity contribution in [3.63, 3.8) is 0 Å². The number of hydrogen-bond donors (Lipinski definition) is 2. The number of aromatic nitrogens is 1. The molecule has 0 aliphatic rings. The van der Waals surface area contributed by atoms with Gasteiger partial charge in [-0.2, -0.15) is 0 Å². The Kier molecular flexibility index (Phi) is 3.87. The van der Waals surface area contributed by atoms with Crippen LogP contribution < -0.4 is 11.1 Å². The molecule has 1 aromatic heterocycles. The zero-order valence-electron chi connectivity index (χ0n) is 10.5. The third kappa shape index (κ3) is 2.64. The third-order valence-corrected chi connectivity index (χ3v) is 4.02. The van der Waals surface area contributed by atoms with Crippen molar-refractivity contribution >= 4 is 27.4 Å². The lowest BCUT2D eigenvalue weighted by Gasteiger charge is -2.12. The molecule has 2 aromatic rings. The van der Waals surface area contributed by atoms with E-state index < -0.39 is 0 Å². The van der Waals surface area contributed by atoms with Crippen LogP contribution in [-0.2, 0) is 6.54 Å². The first kappa shape index (κ1) is 12.9. The Morgan fingerprint density at radius 1 is 1.28 bits per heavy atom. The molecule has 0 aliphatic carbocycles. The molecule has 3 N–H and O–H groups in total. The van der Waals surface area contributed by atoms with E-state index in [0.29, 0.717) is 6.54 Å². The number of nitrogen functional groups attached to an aromatic ring is 1. The van der Waals surface area contributed by atoms with E-state index in [0.717, 1.165) is 27.1 Å². The van der Waals surface area contributed by atoms with Crippen molar-refractivity contribution < 1.29 is 0 Å². The largest absolute Gasteiger partial charge is 0.399 e. The van der Waals surface area contributed by atoms with E-state index in [1.54, 1.807) is 6.20 Å². The SMILES string of the molecule is Cc1ccnc(NCc2cccc(N)c2C)c1Br. The Balaban J connectivity index is 2.17. The van der Waals surface area contributed by atoms with Crippen LogP contribution in [0.5, 0.6) is 0 Å². The standard InChI is InChI=1S/C14H16BrN3/c1-9-6-7-17-14(13(9)15)18-8-11-4-3-5-12(16)10(11)2/h3-7H,8,16H2,1-2H3,(H,17,18). The highest BCUT2D eigenvalue weighted by molar-refractivity contribution is 9.10. The van der Waals surface area contributed by atoms with Crippen LogP contribution in [0.4, 0.5) is 11.5 Å². The summed E-state index contributed by atoms with van der Waals surface area (Å²) in [4.78, 5) is 4.32. The van der Waals surface area contributed by atoms with E-state index in [1.807, 2.05) is 32.0 Å². The van der Waals surface area contributed by atoms with E-state index in [4.69, 9.17) is 5.73 Å². The fourth-order valence-corrected chi connectivity index (χ4v) is 2.11. The number of pyridine rings is 1. The zero-order chi connectivity index (χ0) is 13.1. The first-order valence-corrected chi connectivity index (χ1v) is 6.58. The summed E-state index contributed by atoms with van der Waals surface area (Å²) in [5, 5.41) is 3.32. The number of nitrogens with one attached hydrogen (secondary N) is 1. The summed E-state index contributed by atoms with van der Waals surface area (Å²) >= 11 is 3.54. The fraction of sp³-hybridized carbons (Fsp3) is 0.214. The summed E-state index contributed by atoms with van der Waals surface area (Å²) in [5.74, 6) is 0.858. The number of nitrogens with two attached hydrogens (primary N) is 1. The Morgan fingerprint density at radius 2 is 2.06 bits per heavy atom. The minimum atomic E-state index is 0.714. The number of halogens is 1. The van der Waals surface area contributed by atoms with Gasteiger partial charge in [-0.15, -0.1) is 0 Å². The van der Waals surface area contributed by atoms with Gasteiger partial charge in [-0.1, -0.05) is 12.1 Å². The molecule has 0 fully saturated rings. The summed E-state index contributed by atoms with van der Waals surface area (Å²) in [5.41, 5.74) is 10.2. The Hall–Kier alpha value is -1.55. The number of benzene rings is 1. The monoisotopic (exact) mass is 305 g/mol. The van der Waals surface area contributed by atoms with Gasteiger partial charge in [0.15, 0.2) is 0 Å². The second-order valence-electron chi connectivity index (χ2n) is 4.28. The normalized spacial score (nSPS) is 10.4. The topological polar surface area (TPSA) is 50.9 Å². The molecule has 0 atom stereocenters. The lowest BCUT2D eigenvalue weighted by atomic mass is 10.1. The highest BCUT2D eigenvalue weighted by Crippen LogP contribution is 2.24. The maximum absolute atomic E-state index is 5.89. The molecule has 18 heavy (non-hydrogen) atoms.